The highest BCUT2D eigenvalue weighted by molar-refractivity contribution is 14.1. The molecule has 0 unspecified atom stereocenters. The van der Waals surface area contributed by atoms with E-state index in [4.69, 9.17) is 34.2 Å². The van der Waals surface area contributed by atoms with Gasteiger partial charge in [-0.1, -0.05) is 36.4 Å². The van der Waals surface area contributed by atoms with Gasteiger partial charge in [-0.15, -0.1) is 0 Å². The molecule has 4 heterocycles. The molecule has 4 aliphatic rings. The molecule has 6 aromatic rings. The average molecular weight is 933 g/mol. The number of fused-ring (bicyclic) bond motifs is 2. The fourth-order valence-electron chi connectivity index (χ4n) is 7.45. The van der Waals surface area contributed by atoms with E-state index in [0.29, 0.717) is 18.5 Å². The Labute approximate surface area is 367 Å². The van der Waals surface area contributed by atoms with Crippen molar-refractivity contribution >= 4 is 51.2 Å². The van der Waals surface area contributed by atoms with Gasteiger partial charge >= 0.3 is 0 Å². The molecular formula is C48H45IN4O8. The van der Waals surface area contributed by atoms with Gasteiger partial charge in [0, 0.05) is 34.0 Å². The van der Waals surface area contributed by atoms with Crippen molar-refractivity contribution in [3.05, 3.63) is 148 Å². The zero-order chi connectivity index (χ0) is 42.4. The number of methoxy groups -OCH3 is 2. The molecule has 61 heavy (non-hydrogen) atoms. The topological polar surface area (TPSA) is 153 Å². The summed E-state index contributed by atoms with van der Waals surface area (Å²) in [6, 6.07) is 34.5. The van der Waals surface area contributed by atoms with E-state index in [1.165, 1.54) is 0 Å². The highest BCUT2D eigenvalue weighted by Gasteiger charge is 2.52. The Kier molecular flexibility index (Phi) is 12.3. The molecule has 0 saturated heterocycles. The highest BCUT2D eigenvalue weighted by Crippen LogP contribution is 2.52. The van der Waals surface area contributed by atoms with Gasteiger partial charge in [0.1, 0.15) is 23.1 Å². The van der Waals surface area contributed by atoms with Crippen LogP contribution in [-0.2, 0) is 33.3 Å². The fraction of sp³-hybridized carbons (Fsp3) is 0.250. The molecule has 312 valence electrons. The lowest BCUT2D eigenvalue weighted by Crippen LogP contribution is -2.22. The predicted molar refractivity (Wildman–Crippen MR) is 239 cm³/mol. The molecule has 0 radical (unpaired) electrons. The van der Waals surface area contributed by atoms with Crippen molar-refractivity contribution in [2.45, 2.75) is 49.4 Å². The van der Waals surface area contributed by atoms with Gasteiger partial charge in [-0.05, 0) is 132 Å². The second-order valence-electron chi connectivity index (χ2n) is 15.1. The van der Waals surface area contributed by atoms with Crippen LogP contribution in [0.25, 0.3) is 0 Å². The molecule has 13 heteroatoms. The van der Waals surface area contributed by atoms with E-state index in [9.17, 15) is 9.59 Å². The first kappa shape index (κ1) is 41.4. The number of anilines is 3. The van der Waals surface area contributed by atoms with Crippen molar-refractivity contribution in [1.29, 1.82) is 0 Å². The number of ketones is 2. The number of hydrogen-bond acceptors (Lipinski definition) is 12. The van der Waals surface area contributed by atoms with Crippen molar-refractivity contribution < 1.29 is 38.0 Å². The van der Waals surface area contributed by atoms with Crippen molar-refractivity contribution in [3.8, 4) is 34.5 Å². The number of rotatable bonds is 12. The number of hydrogen-bond donors (Lipinski definition) is 2. The van der Waals surface area contributed by atoms with Crippen molar-refractivity contribution in [2.75, 3.05) is 38.9 Å². The molecule has 2 aliphatic heterocycles. The number of aromatic nitrogens is 2. The third kappa shape index (κ3) is 9.36. The van der Waals surface area contributed by atoms with Gasteiger partial charge in [0.05, 0.1) is 48.3 Å². The van der Waals surface area contributed by atoms with Crippen molar-refractivity contribution in [2.24, 2.45) is 0 Å². The van der Waals surface area contributed by atoms with E-state index in [-0.39, 0.29) is 30.6 Å². The lowest BCUT2D eigenvalue weighted by Gasteiger charge is -2.15. The molecular weight excluding hydrogens is 887 g/mol. The summed E-state index contributed by atoms with van der Waals surface area (Å²) >= 11 is 2.21. The first-order valence-corrected chi connectivity index (χ1v) is 21.0. The summed E-state index contributed by atoms with van der Waals surface area (Å²) in [5.41, 5.74) is 10.8. The van der Waals surface area contributed by atoms with Gasteiger partial charge in [-0.3, -0.25) is 19.6 Å². The Hall–Kier alpha value is -6.35. The maximum absolute atomic E-state index is 13.1. The molecule has 4 aromatic carbocycles. The number of ether oxygens (including phenoxy) is 6. The lowest BCUT2D eigenvalue weighted by atomic mass is 9.88. The van der Waals surface area contributed by atoms with E-state index in [1.54, 1.807) is 32.7 Å². The van der Waals surface area contributed by atoms with Gasteiger partial charge in [-0.2, -0.15) is 0 Å². The number of nitrogens with two attached hydrogens (primary N) is 1. The third-order valence-electron chi connectivity index (χ3n) is 11.2. The second kappa shape index (κ2) is 18.1. The van der Waals surface area contributed by atoms with Crippen LogP contribution in [0.15, 0.2) is 122 Å². The summed E-state index contributed by atoms with van der Waals surface area (Å²) in [4.78, 5) is 34.7. The van der Waals surface area contributed by atoms with Crippen LogP contribution in [0, 0.1) is 3.57 Å². The largest absolute Gasteiger partial charge is 0.495 e. The SMILES string of the molecule is COc1ccccc1N.COc1ccccc1Nc1ccc(CC(=O)C2(c3ccc4c(c3)OCO4)CC2)nc1.O=C(Cc1ccc(I)cn1)C1(c2ccc3c(c2)OCO3)CC1. The maximum atomic E-state index is 13.1. The van der Waals surface area contributed by atoms with Crippen molar-refractivity contribution in [1.82, 2.24) is 9.97 Å². The van der Waals surface area contributed by atoms with E-state index in [1.807, 2.05) is 103 Å². The molecule has 12 nitrogen and oxygen atoms in total. The maximum Gasteiger partial charge on any atom is 0.231 e. The number of nitrogen functional groups attached to an aromatic ring is 1. The molecule has 10 rings (SSSR count). The number of nitrogens with zero attached hydrogens (tertiary/aromatic N) is 2. The van der Waals surface area contributed by atoms with Crippen LogP contribution in [0.5, 0.6) is 34.5 Å². The monoisotopic (exact) mass is 932 g/mol. The minimum Gasteiger partial charge on any atom is -0.495 e. The third-order valence-corrected chi connectivity index (χ3v) is 11.9. The summed E-state index contributed by atoms with van der Waals surface area (Å²) < 4.78 is 33.0. The smallest absolute Gasteiger partial charge is 0.231 e. The second-order valence-corrected chi connectivity index (χ2v) is 16.3. The number of carbonyl (C=O) groups is 2. The van der Waals surface area contributed by atoms with E-state index >= 15 is 0 Å². The fourth-order valence-corrected chi connectivity index (χ4v) is 7.77. The Morgan fingerprint density at radius 3 is 1.62 bits per heavy atom. The van der Waals surface area contributed by atoms with Crippen LogP contribution in [0.2, 0.25) is 0 Å². The van der Waals surface area contributed by atoms with Gasteiger partial charge in [0.2, 0.25) is 13.6 Å². The number of para-hydroxylation sites is 4. The molecule has 0 bridgehead atoms. The summed E-state index contributed by atoms with van der Waals surface area (Å²) in [5, 5.41) is 3.30. The van der Waals surface area contributed by atoms with Crippen LogP contribution in [-0.4, -0.2) is 49.3 Å². The standard InChI is InChI=1S/C24H22N2O4.C17H14INO3.C7H9NO/c1-28-20-5-3-2-4-19(20)26-18-8-7-17(25-14-18)13-23(27)24(10-11-24)16-6-9-21-22(12-16)30-15-29-21;18-12-2-3-13(19-9-12)8-16(20)17(5-6-17)11-1-4-14-15(7-11)22-10-21-14;1-9-7-5-3-2-4-6(7)8/h2-9,12,14,26H,10-11,13,15H2,1H3;1-4,7,9H,5-6,8,10H2;2-5H,8H2,1H3. The molecule has 2 saturated carbocycles. The van der Waals surface area contributed by atoms with E-state index in [2.05, 4.69) is 37.9 Å². The summed E-state index contributed by atoms with van der Waals surface area (Å²) in [6.07, 6.45) is 7.75. The molecule has 0 atom stereocenters. The molecule has 0 amide bonds. The minimum absolute atomic E-state index is 0.194. The zero-order valence-electron chi connectivity index (χ0n) is 33.8. The summed E-state index contributed by atoms with van der Waals surface area (Å²) in [5.74, 6) is 4.88. The number of pyridine rings is 2. The van der Waals surface area contributed by atoms with Gasteiger partial charge in [0.25, 0.3) is 0 Å². The van der Waals surface area contributed by atoms with Crippen LogP contribution in [0.1, 0.15) is 48.2 Å². The molecule has 2 aliphatic carbocycles. The van der Waals surface area contributed by atoms with Crippen molar-refractivity contribution in [3.63, 3.8) is 0 Å². The average Bonchev–Trinajstić information content (AvgIpc) is 4.18. The first-order chi connectivity index (χ1) is 29.7. The lowest BCUT2D eigenvalue weighted by molar-refractivity contribution is -0.121. The minimum atomic E-state index is -0.420. The number of benzene rings is 4. The Bertz CT molecular complexity index is 2520. The van der Waals surface area contributed by atoms with Crippen LogP contribution in [0.4, 0.5) is 17.1 Å². The first-order valence-electron chi connectivity index (χ1n) is 19.9. The van der Waals surface area contributed by atoms with Crippen LogP contribution in [0.3, 0.4) is 0 Å². The van der Waals surface area contributed by atoms with Gasteiger partial charge in [-0.25, -0.2) is 0 Å². The Morgan fingerprint density at radius 1 is 0.639 bits per heavy atom. The predicted octanol–water partition coefficient (Wildman–Crippen LogP) is 8.94. The molecule has 0 spiro atoms. The highest BCUT2D eigenvalue weighted by atomic mass is 127. The molecule has 2 fully saturated rings. The summed E-state index contributed by atoms with van der Waals surface area (Å²) in [6.45, 7) is 0.491. The number of nitrogens with one attached hydrogen (secondary N) is 1. The summed E-state index contributed by atoms with van der Waals surface area (Å²) in [7, 11) is 3.24. The number of Topliss-reactive ketones (excluding diaryl/α,β-unsaturated/α-hetero) is 2. The van der Waals surface area contributed by atoms with Gasteiger partial charge in [0.15, 0.2) is 23.0 Å². The molecule has 2 aromatic heterocycles. The molecule has 3 N–H and O–H groups in total. The number of halogens is 1. The normalized spacial score (nSPS) is 15.2. The zero-order valence-corrected chi connectivity index (χ0v) is 36.0. The number of carbonyl (C=O) groups excluding carboxylic acids is 2. The van der Waals surface area contributed by atoms with Crippen LogP contribution < -0.4 is 39.5 Å². The van der Waals surface area contributed by atoms with Crippen LogP contribution >= 0.6 is 22.6 Å². The Morgan fingerprint density at radius 2 is 1.15 bits per heavy atom. The Balaban J connectivity index is 0.000000144. The van der Waals surface area contributed by atoms with Gasteiger partial charge < -0.3 is 39.5 Å². The van der Waals surface area contributed by atoms with E-state index < -0.39 is 5.41 Å². The quantitative estimate of drug-likeness (QED) is 0.0890. The van der Waals surface area contributed by atoms with E-state index in [0.717, 1.165) is 97.6 Å².